The van der Waals surface area contributed by atoms with Gasteiger partial charge in [0.15, 0.2) is 11.5 Å². The van der Waals surface area contributed by atoms with Gasteiger partial charge >= 0.3 is 0 Å². The molecule has 0 aliphatic rings. The van der Waals surface area contributed by atoms with Crippen LogP contribution in [0.5, 0.6) is 11.5 Å². The van der Waals surface area contributed by atoms with Gasteiger partial charge in [0, 0.05) is 11.8 Å². The Labute approximate surface area is 92.5 Å². The average molecular weight is 260 g/mol. The zero-order valence-electron chi connectivity index (χ0n) is 8.56. The quantitative estimate of drug-likeness (QED) is 0.667. The number of halogens is 1. The Kier molecular flexibility index (Phi) is 4.07. The predicted molar refractivity (Wildman–Crippen MR) is 61.7 cm³/mol. The van der Waals surface area contributed by atoms with Crippen LogP contribution in [0.3, 0.4) is 0 Å². The van der Waals surface area contributed by atoms with Gasteiger partial charge in [-0.25, -0.2) is 0 Å². The monoisotopic (exact) mass is 259 g/mol. The average Bonchev–Trinajstić information content (AvgIpc) is 2.20. The number of benzene rings is 1. The lowest BCUT2D eigenvalue weighted by atomic mass is 10.2. The maximum Gasteiger partial charge on any atom is 0.162 e. The first-order valence-corrected chi connectivity index (χ1v) is 5.37. The summed E-state index contributed by atoms with van der Waals surface area (Å²) in [6.07, 6.45) is 0. The standard InChI is InChI=1S/C10H14BrNO2/c1-7-4-9(13-2)10(14-3)5-8(7)12-6-11/h4-5,12H,6H2,1-3H3. The molecule has 0 atom stereocenters. The van der Waals surface area contributed by atoms with Gasteiger partial charge in [-0.1, -0.05) is 15.9 Å². The first-order valence-electron chi connectivity index (χ1n) is 4.25. The molecular weight excluding hydrogens is 246 g/mol. The van der Waals surface area contributed by atoms with Gasteiger partial charge in [0.2, 0.25) is 0 Å². The predicted octanol–water partition coefficient (Wildman–Crippen LogP) is 2.78. The van der Waals surface area contributed by atoms with E-state index in [-0.39, 0.29) is 0 Å². The molecule has 3 nitrogen and oxygen atoms in total. The molecule has 0 spiro atoms. The fourth-order valence-corrected chi connectivity index (χ4v) is 1.55. The van der Waals surface area contributed by atoms with Gasteiger partial charge in [-0.05, 0) is 18.6 Å². The molecule has 4 heteroatoms. The summed E-state index contributed by atoms with van der Waals surface area (Å²) in [4.78, 5) is 0. The van der Waals surface area contributed by atoms with E-state index in [1.165, 1.54) is 0 Å². The molecule has 0 heterocycles. The Balaban J connectivity index is 3.09. The van der Waals surface area contributed by atoms with Crippen molar-refractivity contribution in [2.24, 2.45) is 0 Å². The summed E-state index contributed by atoms with van der Waals surface area (Å²) in [5, 5.41) is 3.18. The molecule has 0 fully saturated rings. The molecule has 0 amide bonds. The van der Waals surface area contributed by atoms with Crippen LogP contribution < -0.4 is 14.8 Å². The number of ether oxygens (including phenoxy) is 2. The van der Waals surface area contributed by atoms with Crippen molar-refractivity contribution in [1.29, 1.82) is 0 Å². The molecule has 0 aromatic heterocycles. The molecule has 14 heavy (non-hydrogen) atoms. The Morgan fingerprint density at radius 1 is 1.21 bits per heavy atom. The maximum absolute atomic E-state index is 5.20. The fourth-order valence-electron chi connectivity index (χ4n) is 1.24. The van der Waals surface area contributed by atoms with E-state index in [1.54, 1.807) is 14.2 Å². The summed E-state index contributed by atoms with van der Waals surface area (Å²) in [6, 6.07) is 3.87. The normalized spacial score (nSPS) is 9.71. The topological polar surface area (TPSA) is 30.5 Å². The molecule has 0 aliphatic carbocycles. The molecular formula is C10H14BrNO2. The van der Waals surface area contributed by atoms with Crippen molar-refractivity contribution < 1.29 is 9.47 Å². The molecule has 0 unspecified atom stereocenters. The van der Waals surface area contributed by atoms with E-state index in [9.17, 15) is 0 Å². The fraction of sp³-hybridized carbons (Fsp3) is 0.400. The van der Waals surface area contributed by atoms with Crippen LogP contribution in [0.1, 0.15) is 5.56 Å². The van der Waals surface area contributed by atoms with Crippen LogP contribution in [0.2, 0.25) is 0 Å². The van der Waals surface area contributed by atoms with E-state index in [2.05, 4.69) is 21.2 Å². The van der Waals surface area contributed by atoms with Gasteiger partial charge < -0.3 is 14.8 Å². The summed E-state index contributed by atoms with van der Waals surface area (Å²) >= 11 is 3.32. The first kappa shape index (κ1) is 11.2. The van der Waals surface area contributed by atoms with Gasteiger partial charge in [0.25, 0.3) is 0 Å². The number of hydrogen-bond acceptors (Lipinski definition) is 3. The zero-order valence-corrected chi connectivity index (χ0v) is 10.1. The van der Waals surface area contributed by atoms with Gasteiger partial charge in [-0.3, -0.25) is 0 Å². The van der Waals surface area contributed by atoms with E-state index in [0.717, 1.165) is 22.7 Å². The van der Waals surface area contributed by atoms with Crippen molar-refractivity contribution in [3.05, 3.63) is 17.7 Å². The van der Waals surface area contributed by atoms with Crippen molar-refractivity contribution in [2.75, 3.05) is 25.0 Å². The molecule has 78 valence electrons. The minimum absolute atomic E-state index is 0.712. The van der Waals surface area contributed by atoms with Crippen LogP contribution in [-0.2, 0) is 0 Å². The van der Waals surface area contributed by atoms with Crippen molar-refractivity contribution >= 4 is 21.6 Å². The number of hydrogen-bond donors (Lipinski definition) is 1. The van der Waals surface area contributed by atoms with Crippen molar-refractivity contribution in [2.45, 2.75) is 6.92 Å². The highest BCUT2D eigenvalue weighted by Crippen LogP contribution is 2.32. The highest BCUT2D eigenvalue weighted by atomic mass is 79.9. The van der Waals surface area contributed by atoms with Crippen LogP contribution in [-0.4, -0.2) is 19.7 Å². The Hall–Kier alpha value is -0.900. The van der Waals surface area contributed by atoms with E-state index < -0.39 is 0 Å². The Morgan fingerprint density at radius 3 is 2.29 bits per heavy atom. The molecule has 0 bridgehead atoms. The summed E-state index contributed by atoms with van der Waals surface area (Å²) in [6.45, 7) is 2.02. The lowest BCUT2D eigenvalue weighted by Crippen LogP contribution is -1.99. The van der Waals surface area contributed by atoms with Gasteiger partial charge in [0.1, 0.15) is 0 Å². The Bertz CT molecular complexity index is 315. The lowest BCUT2D eigenvalue weighted by Gasteiger charge is -2.12. The summed E-state index contributed by atoms with van der Waals surface area (Å²) in [7, 11) is 3.26. The maximum atomic E-state index is 5.20. The zero-order chi connectivity index (χ0) is 10.6. The molecule has 0 aliphatic heterocycles. The molecule has 1 rings (SSSR count). The van der Waals surface area contributed by atoms with E-state index >= 15 is 0 Å². The van der Waals surface area contributed by atoms with Crippen LogP contribution >= 0.6 is 15.9 Å². The molecule has 1 aromatic rings. The minimum atomic E-state index is 0.712. The summed E-state index contributed by atoms with van der Waals surface area (Å²) in [5.41, 5.74) is 2.88. The smallest absolute Gasteiger partial charge is 0.162 e. The number of alkyl halides is 1. The van der Waals surface area contributed by atoms with Crippen LogP contribution in [0.15, 0.2) is 12.1 Å². The van der Waals surface area contributed by atoms with Crippen LogP contribution in [0.25, 0.3) is 0 Å². The number of nitrogens with one attached hydrogen (secondary N) is 1. The van der Waals surface area contributed by atoms with Crippen molar-refractivity contribution in [3.63, 3.8) is 0 Å². The SMILES string of the molecule is COc1cc(C)c(NCBr)cc1OC. The number of anilines is 1. The number of methoxy groups -OCH3 is 2. The molecule has 0 radical (unpaired) electrons. The number of rotatable bonds is 4. The second-order valence-electron chi connectivity index (χ2n) is 2.83. The summed E-state index contributed by atoms with van der Waals surface area (Å²) in [5.74, 6) is 1.49. The molecule has 1 N–H and O–H groups in total. The van der Waals surface area contributed by atoms with Crippen LogP contribution in [0.4, 0.5) is 5.69 Å². The molecule has 0 saturated carbocycles. The van der Waals surface area contributed by atoms with Gasteiger partial charge in [-0.2, -0.15) is 0 Å². The van der Waals surface area contributed by atoms with E-state index in [4.69, 9.17) is 9.47 Å². The van der Waals surface area contributed by atoms with Gasteiger partial charge in [0.05, 0.1) is 19.7 Å². The van der Waals surface area contributed by atoms with Gasteiger partial charge in [-0.15, -0.1) is 0 Å². The third-order valence-electron chi connectivity index (χ3n) is 1.99. The minimum Gasteiger partial charge on any atom is -0.493 e. The third-order valence-corrected chi connectivity index (χ3v) is 2.27. The lowest BCUT2D eigenvalue weighted by molar-refractivity contribution is 0.355. The first-order chi connectivity index (χ1) is 6.72. The Morgan fingerprint density at radius 2 is 1.79 bits per heavy atom. The van der Waals surface area contributed by atoms with Crippen molar-refractivity contribution in [1.82, 2.24) is 0 Å². The second-order valence-corrected chi connectivity index (χ2v) is 3.39. The largest absolute Gasteiger partial charge is 0.493 e. The van der Waals surface area contributed by atoms with E-state index in [0.29, 0.717) is 5.45 Å². The third kappa shape index (κ3) is 2.32. The highest BCUT2D eigenvalue weighted by molar-refractivity contribution is 9.09. The van der Waals surface area contributed by atoms with Crippen LogP contribution in [0, 0.1) is 6.92 Å². The highest BCUT2D eigenvalue weighted by Gasteiger charge is 2.07. The summed E-state index contributed by atoms with van der Waals surface area (Å²) < 4.78 is 10.4. The molecule has 0 saturated heterocycles. The number of aryl methyl sites for hydroxylation is 1. The van der Waals surface area contributed by atoms with Crippen molar-refractivity contribution in [3.8, 4) is 11.5 Å². The van der Waals surface area contributed by atoms with E-state index in [1.807, 2.05) is 19.1 Å². The second kappa shape index (κ2) is 5.10. The molecule has 1 aromatic carbocycles.